The summed E-state index contributed by atoms with van der Waals surface area (Å²) in [6, 6.07) is 4.99. The summed E-state index contributed by atoms with van der Waals surface area (Å²) in [4.78, 5) is 14.5. The number of nitrogens with zero attached hydrogens (tertiary/aromatic N) is 1. The first-order valence-electron chi connectivity index (χ1n) is 10.1. The molecule has 13 heteroatoms. The molecule has 0 amide bonds. The minimum absolute atomic E-state index is 0.0923. The van der Waals surface area contributed by atoms with E-state index in [0.717, 1.165) is 6.20 Å². The lowest BCUT2D eigenvalue weighted by atomic mass is 10.1. The predicted octanol–water partition coefficient (Wildman–Crippen LogP) is 2.17. The Morgan fingerprint density at radius 1 is 1.45 bits per heavy atom. The molecule has 1 unspecified atom stereocenters. The number of aliphatic hydroxyl groups is 2. The minimum atomic E-state index is -4.73. The van der Waals surface area contributed by atoms with Crippen LogP contribution in [0.1, 0.15) is 25.7 Å². The summed E-state index contributed by atoms with van der Waals surface area (Å²) < 4.78 is 65.8. The average Bonchev–Trinajstić information content (AvgIpc) is 2.96. The molecule has 2 aliphatic rings. The van der Waals surface area contributed by atoms with Gasteiger partial charge >= 0.3 is 13.5 Å². The molecular formula is C18H20FN2O8PS. The molecule has 5 atom stereocenters. The Bertz CT molecular complexity index is 1270. The number of para-hydroxylation sites is 1. The van der Waals surface area contributed by atoms with Gasteiger partial charge in [0.1, 0.15) is 29.2 Å². The second-order valence-electron chi connectivity index (χ2n) is 7.14. The van der Waals surface area contributed by atoms with Crippen LogP contribution < -0.4 is 10.2 Å². The quantitative estimate of drug-likeness (QED) is 0.449. The van der Waals surface area contributed by atoms with Crippen LogP contribution in [-0.4, -0.2) is 44.4 Å². The van der Waals surface area contributed by atoms with Crippen LogP contribution in [0.3, 0.4) is 0 Å². The molecule has 168 valence electrons. The molecule has 10 nitrogen and oxygen atoms in total. The van der Waals surface area contributed by atoms with Gasteiger partial charge in [0.05, 0.1) is 9.35 Å². The first-order valence-corrected chi connectivity index (χ1v) is 10.9. The summed E-state index contributed by atoms with van der Waals surface area (Å²) in [5, 5.41) is 20.7. The van der Waals surface area contributed by atoms with Crippen molar-refractivity contribution >= 4 is 20.0 Å². The number of aryl methyl sites for hydroxylation is 2. The number of halogens is 1. The molecule has 3 heterocycles. The largest absolute Gasteiger partial charge is 0.530 e. The molecule has 1 fully saturated rings. The van der Waals surface area contributed by atoms with E-state index in [0.29, 0.717) is 21.3 Å². The SMILES string of the molecule is [2H]C([2H])(OP1(=O)OCc2cccc(C)c2O1)[C@@]1(F)O[C@@H](n2cc(C)c(=S)[nH]c2=O)[C@H](O)[C@@H]1O. The van der Waals surface area contributed by atoms with Crippen LogP contribution in [0, 0.1) is 18.5 Å². The van der Waals surface area contributed by atoms with E-state index in [-0.39, 0.29) is 17.0 Å². The lowest BCUT2D eigenvalue weighted by Gasteiger charge is -2.29. The molecule has 1 aromatic carbocycles. The van der Waals surface area contributed by atoms with Gasteiger partial charge in [-0.2, -0.15) is 0 Å². The Morgan fingerprint density at radius 3 is 2.94 bits per heavy atom. The van der Waals surface area contributed by atoms with Gasteiger partial charge < -0.3 is 19.5 Å². The smallest absolute Gasteiger partial charge is 0.403 e. The molecule has 0 aliphatic carbocycles. The van der Waals surface area contributed by atoms with E-state index in [9.17, 15) is 19.6 Å². The van der Waals surface area contributed by atoms with E-state index in [2.05, 4.69) is 4.98 Å². The highest BCUT2D eigenvalue weighted by molar-refractivity contribution is 7.71. The fraction of sp³-hybridized carbons (Fsp3) is 0.444. The lowest BCUT2D eigenvalue weighted by Crippen LogP contribution is -2.43. The summed E-state index contributed by atoms with van der Waals surface area (Å²) in [6.45, 7) is -0.745. The van der Waals surface area contributed by atoms with Gasteiger partial charge in [-0.05, 0) is 19.4 Å². The van der Waals surface area contributed by atoms with Crippen LogP contribution in [0.25, 0.3) is 0 Å². The maximum Gasteiger partial charge on any atom is 0.530 e. The first kappa shape index (κ1) is 19.7. The van der Waals surface area contributed by atoms with E-state index in [1.165, 1.54) is 6.92 Å². The molecule has 0 bridgehead atoms. The first-order chi connectivity index (χ1) is 15.3. The fourth-order valence-electron chi connectivity index (χ4n) is 3.18. The van der Waals surface area contributed by atoms with Crippen LogP contribution in [-0.2, 0) is 25.0 Å². The van der Waals surface area contributed by atoms with Crippen molar-refractivity contribution in [1.29, 1.82) is 0 Å². The molecule has 3 N–H and O–H groups in total. The molecule has 0 saturated carbocycles. The fourth-order valence-corrected chi connectivity index (χ4v) is 4.48. The van der Waals surface area contributed by atoms with Crippen LogP contribution in [0.4, 0.5) is 4.39 Å². The van der Waals surface area contributed by atoms with E-state index < -0.39 is 44.4 Å². The van der Waals surface area contributed by atoms with Gasteiger partial charge in [0, 0.05) is 17.3 Å². The molecule has 1 saturated heterocycles. The summed E-state index contributed by atoms with van der Waals surface area (Å²) in [5.74, 6) is -3.64. The maximum atomic E-state index is 15.8. The highest BCUT2D eigenvalue weighted by Gasteiger charge is 2.57. The molecule has 4 rings (SSSR count). The monoisotopic (exact) mass is 476 g/mol. The lowest BCUT2D eigenvalue weighted by molar-refractivity contribution is -0.205. The molecule has 2 aliphatic heterocycles. The van der Waals surface area contributed by atoms with Crippen molar-refractivity contribution in [3.05, 3.63) is 56.2 Å². The molecular weight excluding hydrogens is 454 g/mol. The number of alkyl halides is 1. The average molecular weight is 476 g/mol. The normalized spacial score (nSPS) is 33.9. The highest BCUT2D eigenvalue weighted by Crippen LogP contribution is 2.56. The predicted molar refractivity (Wildman–Crippen MR) is 107 cm³/mol. The Kier molecular flexibility index (Phi) is 5.03. The Labute approximate surface area is 183 Å². The third-order valence-corrected chi connectivity index (χ3v) is 6.47. The second-order valence-corrected chi connectivity index (χ2v) is 9.06. The van der Waals surface area contributed by atoms with Gasteiger partial charge in [0.15, 0.2) is 6.23 Å². The number of hydrogen-bond acceptors (Lipinski definition) is 9. The number of fused-ring (bicyclic) bond motifs is 1. The van der Waals surface area contributed by atoms with Crippen LogP contribution in [0.2, 0.25) is 0 Å². The number of phosphoric ester groups is 1. The van der Waals surface area contributed by atoms with Crippen molar-refractivity contribution in [2.45, 2.75) is 44.7 Å². The number of benzene rings is 1. The standard InChI is InChI=1S/C18H20FN2O8PS/c1-9-4-3-5-11-7-26-30(25,29-13(9)11)27-8-18(19)14(23)12(22)16(28-18)21-6-10(2)15(31)20-17(21)24/h3-6,12,14,16,22-23H,7-8H2,1-2H3,(H,20,24,31)/t12-,14+,16-,18-,30?/m1/s1/i8D2. The van der Waals surface area contributed by atoms with Crippen LogP contribution >= 0.6 is 20.0 Å². The van der Waals surface area contributed by atoms with Gasteiger partial charge in [0.2, 0.25) is 0 Å². The zero-order valence-corrected chi connectivity index (χ0v) is 18.0. The molecule has 1 aromatic heterocycles. The Hall–Kier alpha value is -1.92. The van der Waals surface area contributed by atoms with E-state index in [4.69, 9.17) is 33.3 Å². The number of hydrogen-bond donors (Lipinski definition) is 3. The van der Waals surface area contributed by atoms with Crippen molar-refractivity contribution in [3.63, 3.8) is 0 Å². The molecule has 2 aromatic rings. The van der Waals surface area contributed by atoms with Crippen molar-refractivity contribution in [1.82, 2.24) is 9.55 Å². The van der Waals surface area contributed by atoms with Gasteiger partial charge in [0.25, 0.3) is 5.85 Å². The Morgan fingerprint density at radius 2 is 2.19 bits per heavy atom. The van der Waals surface area contributed by atoms with Crippen molar-refractivity contribution < 1.29 is 40.2 Å². The number of ether oxygens (including phenoxy) is 1. The zero-order chi connectivity index (χ0) is 24.3. The van der Waals surface area contributed by atoms with Gasteiger partial charge in [-0.1, -0.05) is 30.4 Å². The molecule has 0 spiro atoms. The van der Waals surface area contributed by atoms with Crippen molar-refractivity contribution in [2.75, 3.05) is 6.56 Å². The number of nitrogens with one attached hydrogen (secondary N) is 1. The number of aromatic amines is 1. The maximum absolute atomic E-state index is 15.8. The summed E-state index contributed by atoms with van der Waals surface area (Å²) in [6.07, 6.45) is -5.36. The van der Waals surface area contributed by atoms with Crippen molar-refractivity contribution in [2.24, 2.45) is 0 Å². The number of aromatic nitrogens is 2. The van der Waals surface area contributed by atoms with Gasteiger partial charge in [-0.25, -0.2) is 13.8 Å². The number of rotatable bonds is 4. The summed E-state index contributed by atoms with van der Waals surface area (Å²) in [5.41, 5.74) is 0.544. The van der Waals surface area contributed by atoms with Gasteiger partial charge in [-0.3, -0.25) is 18.6 Å². The number of phosphoric acid groups is 1. The van der Waals surface area contributed by atoms with Gasteiger partial charge in [-0.15, -0.1) is 0 Å². The van der Waals surface area contributed by atoms with E-state index in [1.807, 2.05) is 0 Å². The molecule has 31 heavy (non-hydrogen) atoms. The zero-order valence-electron chi connectivity index (χ0n) is 18.3. The van der Waals surface area contributed by atoms with E-state index in [1.54, 1.807) is 25.1 Å². The minimum Gasteiger partial charge on any atom is -0.403 e. The molecule has 0 radical (unpaired) electrons. The van der Waals surface area contributed by atoms with E-state index >= 15 is 4.39 Å². The second kappa shape index (κ2) is 7.89. The third-order valence-electron chi connectivity index (χ3n) is 4.88. The highest BCUT2D eigenvalue weighted by atomic mass is 32.1. The number of H-pyrrole nitrogens is 1. The van der Waals surface area contributed by atoms with Crippen molar-refractivity contribution in [3.8, 4) is 5.75 Å². The van der Waals surface area contributed by atoms with Crippen LogP contribution in [0.15, 0.2) is 29.2 Å². The van der Waals surface area contributed by atoms with Crippen LogP contribution in [0.5, 0.6) is 5.75 Å². The summed E-state index contributed by atoms with van der Waals surface area (Å²) >= 11 is 4.94. The number of aliphatic hydroxyl groups excluding tert-OH is 2. The Balaban J connectivity index is 1.64. The topological polar surface area (TPSA) is 132 Å². The summed E-state index contributed by atoms with van der Waals surface area (Å²) in [7, 11) is -4.73. The third kappa shape index (κ3) is 4.00.